The van der Waals surface area contributed by atoms with Gasteiger partial charge in [0.25, 0.3) is 0 Å². The largest absolute Gasteiger partial charge is 0.383 e. The van der Waals surface area contributed by atoms with Gasteiger partial charge in [0.05, 0.1) is 6.20 Å². The number of nitrogens with two attached hydrogens (primary N) is 1. The second-order valence-electron chi connectivity index (χ2n) is 5.03. The van der Waals surface area contributed by atoms with Crippen molar-refractivity contribution in [1.29, 1.82) is 0 Å². The minimum atomic E-state index is 0.285. The molecule has 0 atom stereocenters. The van der Waals surface area contributed by atoms with Crippen LogP contribution in [0.3, 0.4) is 0 Å². The molecule has 2 aromatic rings. The Bertz CT molecular complexity index is 560. The van der Waals surface area contributed by atoms with Gasteiger partial charge in [0.2, 0.25) is 0 Å². The summed E-state index contributed by atoms with van der Waals surface area (Å²) in [6, 6.07) is 0. The third kappa shape index (κ3) is 2.83. The van der Waals surface area contributed by atoms with Crippen LogP contribution in [0.5, 0.6) is 0 Å². The molecule has 0 aromatic carbocycles. The fourth-order valence-electron chi connectivity index (χ4n) is 2.16. The lowest BCUT2D eigenvalue weighted by Gasteiger charge is -2.22. The minimum Gasteiger partial charge on any atom is -0.383 e. The monoisotopic (exact) mass is 260 g/mol. The topological polar surface area (TPSA) is 72.9 Å². The van der Waals surface area contributed by atoms with Gasteiger partial charge in [-0.1, -0.05) is 13.8 Å². The number of aryl methyl sites for hydroxylation is 1. The molecule has 102 valence electrons. The molecule has 0 spiro atoms. The first-order chi connectivity index (χ1) is 8.99. The van der Waals surface area contributed by atoms with E-state index in [9.17, 15) is 0 Å². The van der Waals surface area contributed by atoms with Crippen LogP contribution in [0.15, 0.2) is 18.7 Å². The van der Waals surface area contributed by atoms with Gasteiger partial charge < -0.3 is 10.6 Å². The Balaban J connectivity index is 2.28. The fourth-order valence-corrected chi connectivity index (χ4v) is 2.16. The number of hydrogen-bond acceptors (Lipinski definition) is 5. The zero-order valence-electron chi connectivity index (χ0n) is 11.8. The van der Waals surface area contributed by atoms with E-state index in [1.165, 1.54) is 6.33 Å². The van der Waals surface area contributed by atoms with Crippen LogP contribution < -0.4 is 10.6 Å². The minimum absolute atomic E-state index is 0.285. The van der Waals surface area contributed by atoms with Crippen molar-refractivity contribution in [2.24, 2.45) is 7.05 Å². The lowest BCUT2D eigenvalue weighted by molar-refractivity contribution is 0.765. The average molecular weight is 260 g/mol. The molecule has 0 unspecified atom stereocenters. The zero-order chi connectivity index (χ0) is 14.0. The first-order valence-electron chi connectivity index (χ1n) is 6.28. The Morgan fingerprint density at radius 3 is 2.68 bits per heavy atom. The highest BCUT2D eigenvalue weighted by atomic mass is 15.2. The molecule has 0 aliphatic heterocycles. The van der Waals surface area contributed by atoms with Crippen LogP contribution in [0, 0.1) is 0 Å². The molecule has 0 aliphatic rings. The van der Waals surface area contributed by atoms with Crippen LogP contribution in [0.1, 0.15) is 30.9 Å². The quantitative estimate of drug-likeness (QED) is 0.903. The van der Waals surface area contributed by atoms with Gasteiger partial charge in [-0.3, -0.25) is 4.68 Å². The molecule has 0 radical (unpaired) electrons. The maximum Gasteiger partial charge on any atom is 0.137 e. The lowest BCUT2D eigenvalue weighted by Crippen LogP contribution is -2.20. The van der Waals surface area contributed by atoms with Crippen molar-refractivity contribution in [1.82, 2.24) is 19.7 Å². The van der Waals surface area contributed by atoms with Gasteiger partial charge >= 0.3 is 0 Å². The number of nitrogen functional groups attached to an aromatic ring is 1. The Hall–Kier alpha value is -2.11. The Kier molecular flexibility index (Phi) is 3.69. The summed E-state index contributed by atoms with van der Waals surface area (Å²) < 4.78 is 1.79. The lowest BCUT2D eigenvalue weighted by atomic mass is 10.0. The standard InChI is InChI=1S/C13H20N6/c1-9(2)11-12(14)15-8-16-13(11)18(3)6-10-5-17-19(4)7-10/h5,7-9H,6H2,1-4H3,(H2,14,15,16). The van der Waals surface area contributed by atoms with E-state index in [1.54, 1.807) is 4.68 Å². The summed E-state index contributed by atoms with van der Waals surface area (Å²) in [5.74, 6) is 1.72. The molecule has 6 nitrogen and oxygen atoms in total. The summed E-state index contributed by atoms with van der Waals surface area (Å²) in [5, 5.41) is 4.17. The van der Waals surface area contributed by atoms with E-state index in [4.69, 9.17) is 5.73 Å². The number of hydrogen-bond donors (Lipinski definition) is 1. The summed E-state index contributed by atoms with van der Waals surface area (Å²) in [4.78, 5) is 10.5. The van der Waals surface area contributed by atoms with E-state index >= 15 is 0 Å². The predicted octanol–water partition coefficient (Wildman–Crippen LogP) is 1.55. The number of anilines is 2. The maximum atomic E-state index is 5.96. The Labute approximate surface area is 113 Å². The molecule has 0 saturated heterocycles. The van der Waals surface area contributed by atoms with Crippen molar-refractivity contribution in [3.8, 4) is 0 Å². The molecule has 0 amide bonds. The average Bonchev–Trinajstić information content (AvgIpc) is 2.73. The molecular formula is C13H20N6. The van der Waals surface area contributed by atoms with Gasteiger partial charge in [-0.25, -0.2) is 9.97 Å². The van der Waals surface area contributed by atoms with Crippen LogP contribution in [-0.4, -0.2) is 26.8 Å². The van der Waals surface area contributed by atoms with E-state index in [-0.39, 0.29) is 5.92 Å². The first kappa shape index (κ1) is 13.3. The van der Waals surface area contributed by atoms with E-state index in [0.29, 0.717) is 5.82 Å². The van der Waals surface area contributed by atoms with E-state index < -0.39 is 0 Å². The summed E-state index contributed by atoms with van der Waals surface area (Å²) in [5.41, 5.74) is 8.09. The smallest absolute Gasteiger partial charge is 0.137 e. The van der Waals surface area contributed by atoms with E-state index in [2.05, 4.69) is 33.8 Å². The molecule has 0 bridgehead atoms. The van der Waals surface area contributed by atoms with Crippen LogP contribution in [0.2, 0.25) is 0 Å². The summed E-state index contributed by atoms with van der Waals surface area (Å²) >= 11 is 0. The van der Waals surface area contributed by atoms with Crippen molar-refractivity contribution in [3.63, 3.8) is 0 Å². The van der Waals surface area contributed by atoms with Crippen LogP contribution in [-0.2, 0) is 13.6 Å². The molecule has 0 aliphatic carbocycles. The van der Waals surface area contributed by atoms with Gasteiger partial charge in [0.1, 0.15) is 18.0 Å². The van der Waals surface area contributed by atoms with E-state index in [0.717, 1.165) is 23.5 Å². The molecule has 2 N–H and O–H groups in total. The first-order valence-corrected chi connectivity index (χ1v) is 6.28. The third-order valence-electron chi connectivity index (χ3n) is 3.01. The highest BCUT2D eigenvalue weighted by molar-refractivity contribution is 5.57. The molecule has 19 heavy (non-hydrogen) atoms. The van der Waals surface area contributed by atoms with Gasteiger partial charge in [-0.05, 0) is 5.92 Å². The predicted molar refractivity (Wildman–Crippen MR) is 75.8 cm³/mol. The second kappa shape index (κ2) is 5.26. The molecular weight excluding hydrogens is 240 g/mol. The summed E-state index contributed by atoms with van der Waals surface area (Å²) in [6.45, 7) is 4.93. The molecule has 0 fully saturated rings. The van der Waals surface area contributed by atoms with Gasteiger partial charge in [-0.2, -0.15) is 5.10 Å². The normalized spacial score (nSPS) is 11.0. The number of rotatable bonds is 4. The second-order valence-corrected chi connectivity index (χ2v) is 5.03. The molecule has 2 heterocycles. The Morgan fingerprint density at radius 1 is 1.37 bits per heavy atom. The van der Waals surface area contributed by atoms with Crippen LogP contribution in [0.4, 0.5) is 11.6 Å². The van der Waals surface area contributed by atoms with E-state index in [1.807, 2.05) is 26.5 Å². The van der Waals surface area contributed by atoms with Crippen molar-refractivity contribution in [2.75, 3.05) is 17.7 Å². The highest BCUT2D eigenvalue weighted by Crippen LogP contribution is 2.29. The van der Waals surface area contributed by atoms with Crippen molar-refractivity contribution in [3.05, 3.63) is 29.8 Å². The molecule has 2 aromatic heterocycles. The third-order valence-corrected chi connectivity index (χ3v) is 3.01. The van der Waals surface area contributed by atoms with Crippen molar-refractivity contribution in [2.45, 2.75) is 26.3 Å². The van der Waals surface area contributed by atoms with Gasteiger partial charge in [0, 0.05) is 38.0 Å². The number of nitrogens with zero attached hydrogens (tertiary/aromatic N) is 5. The van der Waals surface area contributed by atoms with Gasteiger partial charge in [-0.15, -0.1) is 0 Å². The highest BCUT2D eigenvalue weighted by Gasteiger charge is 2.16. The van der Waals surface area contributed by atoms with Crippen molar-refractivity contribution >= 4 is 11.6 Å². The van der Waals surface area contributed by atoms with Crippen LogP contribution in [0.25, 0.3) is 0 Å². The SMILES string of the molecule is CC(C)c1c(N)ncnc1N(C)Cc1cnn(C)c1. The molecule has 2 rings (SSSR count). The molecule has 6 heteroatoms. The number of aromatic nitrogens is 4. The van der Waals surface area contributed by atoms with Crippen molar-refractivity contribution < 1.29 is 0 Å². The summed E-state index contributed by atoms with van der Waals surface area (Å²) in [7, 11) is 3.91. The van der Waals surface area contributed by atoms with Gasteiger partial charge in [0.15, 0.2) is 0 Å². The van der Waals surface area contributed by atoms with Crippen LogP contribution >= 0.6 is 0 Å². The maximum absolute atomic E-state index is 5.96. The fraction of sp³-hybridized carbons (Fsp3) is 0.462. The molecule has 0 saturated carbocycles. The summed E-state index contributed by atoms with van der Waals surface area (Å²) in [6.07, 6.45) is 5.36. The zero-order valence-corrected chi connectivity index (χ0v) is 11.8. The Morgan fingerprint density at radius 2 is 2.11 bits per heavy atom.